The number of hydrogen-bond acceptors (Lipinski definition) is 1. The van der Waals surface area contributed by atoms with E-state index in [1.165, 1.54) is 51.0 Å². The van der Waals surface area contributed by atoms with Crippen LogP contribution in [0.15, 0.2) is 11.9 Å². The molecule has 0 aromatic heterocycles. The third-order valence-corrected chi connectivity index (χ3v) is 3.24. The molecule has 3 heteroatoms. The average molecular weight is 272 g/mol. The minimum absolute atomic E-state index is 0.0190. The fraction of sp³-hybridized carbons (Fsp3) is 0.812. The summed E-state index contributed by atoms with van der Waals surface area (Å²) in [6.07, 6.45) is 13.2. The maximum absolute atomic E-state index is 13.2. The molecule has 0 aliphatic heterocycles. The number of carboxylic acids is 1. The molecule has 0 fully saturated rings. The highest BCUT2D eigenvalue weighted by atomic mass is 19.1. The molecule has 0 heterocycles. The van der Waals surface area contributed by atoms with Gasteiger partial charge >= 0.3 is 5.97 Å². The van der Waals surface area contributed by atoms with Crippen molar-refractivity contribution >= 4 is 5.97 Å². The van der Waals surface area contributed by atoms with E-state index in [4.69, 9.17) is 5.11 Å². The van der Waals surface area contributed by atoms with Crippen LogP contribution in [-0.4, -0.2) is 11.1 Å². The quantitative estimate of drug-likeness (QED) is 0.441. The maximum atomic E-state index is 13.2. The normalized spacial score (nSPS) is 11.8. The summed E-state index contributed by atoms with van der Waals surface area (Å²) < 4.78 is 13.2. The Kier molecular flexibility index (Phi) is 13.0. The third kappa shape index (κ3) is 15.1. The molecule has 0 saturated carbocycles. The van der Waals surface area contributed by atoms with Gasteiger partial charge in [0.1, 0.15) is 0 Å². The number of unbranched alkanes of at least 4 members (excludes halogenated alkanes) is 8. The van der Waals surface area contributed by atoms with Gasteiger partial charge < -0.3 is 5.11 Å². The number of aliphatic carboxylic acids is 1. The van der Waals surface area contributed by atoms with Crippen molar-refractivity contribution in [2.45, 2.75) is 84.0 Å². The van der Waals surface area contributed by atoms with Crippen molar-refractivity contribution in [2.75, 3.05) is 0 Å². The van der Waals surface area contributed by atoms with E-state index in [0.717, 1.165) is 12.8 Å². The van der Waals surface area contributed by atoms with Gasteiger partial charge in [0.15, 0.2) is 0 Å². The zero-order valence-electron chi connectivity index (χ0n) is 12.3. The van der Waals surface area contributed by atoms with Gasteiger partial charge in [0.05, 0.1) is 5.83 Å². The molecule has 112 valence electrons. The molecule has 0 aromatic rings. The Morgan fingerprint density at radius 3 is 2.00 bits per heavy atom. The van der Waals surface area contributed by atoms with Crippen LogP contribution in [0.4, 0.5) is 4.39 Å². The predicted octanol–water partition coefficient (Wildman–Crippen LogP) is 5.63. The summed E-state index contributed by atoms with van der Waals surface area (Å²) in [5.41, 5.74) is 0. The van der Waals surface area contributed by atoms with Gasteiger partial charge in [-0.2, -0.15) is 0 Å². The number of rotatable bonds is 13. The Hall–Kier alpha value is -0.860. The minimum Gasteiger partial charge on any atom is -0.481 e. The molecule has 0 aliphatic rings. The number of hydrogen-bond donors (Lipinski definition) is 1. The monoisotopic (exact) mass is 272 g/mol. The molecule has 0 atom stereocenters. The summed E-state index contributed by atoms with van der Waals surface area (Å²) in [4.78, 5) is 10.3. The number of halogens is 1. The number of carboxylic acid groups (broad SMARTS) is 1. The first kappa shape index (κ1) is 18.1. The van der Waals surface area contributed by atoms with Crippen LogP contribution in [0.3, 0.4) is 0 Å². The van der Waals surface area contributed by atoms with Gasteiger partial charge in [-0.1, -0.05) is 64.4 Å². The standard InChI is InChI=1S/C16H29FO2/c1-2-3-4-5-6-7-8-9-10-12-15(17)13-11-14-16(18)19/h13H,2-12,14H2,1H3,(H,18,19)/b15-13-. The molecule has 0 rings (SSSR count). The van der Waals surface area contributed by atoms with Gasteiger partial charge in [-0.3, -0.25) is 4.79 Å². The average Bonchev–Trinajstić information content (AvgIpc) is 2.36. The van der Waals surface area contributed by atoms with Gasteiger partial charge in [0.25, 0.3) is 0 Å². The Morgan fingerprint density at radius 1 is 0.947 bits per heavy atom. The van der Waals surface area contributed by atoms with E-state index in [-0.39, 0.29) is 12.2 Å². The van der Waals surface area contributed by atoms with Gasteiger partial charge in [-0.25, -0.2) is 4.39 Å². The van der Waals surface area contributed by atoms with Crippen molar-refractivity contribution in [3.63, 3.8) is 0 Å². The topological polar surface area (TPSA) is 37.3 Å². The van der Waals surface area contributed by atoms with E-state index in [1.807, 2.05) is 0 Å². The minimum atomic E-state index is -0.868. The second kappa shape index (κ2) is 13.6. The van der Waals surface area contributed by atoms with Crippen LogP contribution in [0.1, 0.15) is 84.0 Å². The van der Waals surface area contributed by atoms with E-state index in [9.17, 15) is 9.18 Å². The number of carbonyl (C=O) groups is 1. The van der Waals surface area contributed by atoms with Gasteiger partial charge in [0, 0.05) is 6.42 Å². The summed E-state index contributed by atoms with van der Waals surface area (Å²) in [5, 5.41) is 8.43. The second-order valence-corrected chi connectivity index (χ2v) is 5.16. The lowest BCUT2D eigenvalue weighted by Crippen LogP contribution is -1.92. The van der Waals surface area contributed by atoms with E-state index in [2.05, 4.69) is 6.92 Å². The van der Waals surface area contributed by atoms with Crippen LogP contribution in [0.25, 0.3) is 0 Å². The molecular formula is C16H29FO2. The summed E-state index contributed by atoms with van der Waals surface area (Å²) in [6, 6.07) is 0. The van der Waals surface area contributed by atoms with Gasteiger partial charge in [0.2, 0.25) is 0 Å². The van der Waals surface area contributed by atoms with Crippen molar-refractivity contribution in [2.24, 2.45) is 0 Å². The first-order valence-electron chi connectivity index (χ1n) is 7.73. The molecule has 0 aromatic carbocycles. The van der Waals surface area contributed by atoms with Crippen molar-refractivity contribution in [1.82, 2.24) is 0 Å². The first-order chi connectivity index (χ1) is 9.16. The molecule has 0 aliphatic carbocycles. The molecule has 0 radical (unpaired) electrons. The molecule has 0 amide bonds. The summed E-state index contributed by atoms with van der Waals surface area (Å²) in [7, 11) is 0. The molecule has 0 bridgehead atoms. The second-order valence-electron chi connectivity index (χ2n) is 5.16. The lowest BCUT2D eigenvalue weighted by molar-refractivity contribution is -0.136. The summed E-state index contributed by atoms with van der Waals surface area (Å²) in [6.45, 7) is 2.22. The lowest BCUT2D eigenvalue weighted by Gasteiger charge is -2.01. The number of allylic oxidation sites excluding steroid dienone is 2. The molecule has 0 unspecified atom stereocenters. The van der Waals surface area contributed by atoms with Crippen molar-refractivity contribution < 1.29 is 14.3 Å². The maximum Gasteiger partial charge on any atom is 0.303 e. The van der Waals surface area contributed by atoms with Crippen molar-refractivity contribution in [3.05, 3.63) is 11.9 Å². The Bertz CT molecular complexity index is 249. The molecular weight excluding hydrogens is 243 g/mol. The van der Waals surface area contributed by atoms with E-state index in [1.54, 1.807) is 0 Å². The Balaban J connectivity index is 3.26. The highest BCUT2D eigenvalue weighted by molar-refractivity contribution is 5.66. The Morgan fingerprint density at radius 2 is 1.47 bits per heavy atom. The third-order valence-electron chi connectivity index (χ3n) is 3.24. The molecule has 0 spiro atoms. The molecule has 1 N–H and O–H groups in total. The van der Waals surface area contributed by atoms with Crippen LogP contribution in [-0.2, 0) is 4.79 Å². The summed E-state index contributed by atoms with van der Waals surface area (Å²) >= 11 is 0. The molecule has 2 nitrogen and oxygen atoms in total. The van der Waals surface area contributed by atoms with Gasteiger partial charge in [-0.05, 0) is 19.3 Å². The largest absolute Gasteiger partial charge is 0.481 e. The van der Waals surface area contributed by atoms with E-state index >= 15 is 0 Å². The fourth-order valence-electron chi connectivity index (χ4n) is 2.06. The Labute approximate surface area is 117 Å². The van der Waals surface area contributed by atoms with E-state index < -0.39 is 5.97 Å². The van der Waals surface area contributed by atoms with Crippen LogP contribution < -0.4 is 0 Å². The van der Waals surface area contributed by atoms with Crippen molar-refractivity contribution in [1.29, 1.82) is 0 Å². The summed E-state index contributed by atoms with van der Waals surface area (Å²) in [5.74, 6) is -1.02. The van der Waals surface area contributed by atoms with Crippen molar-refractivity contribution in [3.8, 4) is 0 Å². The highest BCUT2D eigenvalue weighted by Crippen LogP contribution is 2.14. The zero-order valence-corrected chi connectivity index (χ0v) is 12.3. The molecule has 0 saturated heterocycles. The highest BCUT2D eigenvalue weighted by Gasteiger charge is 1.98. The SMILES string of the molecule is CCCCCCCCCCC/C(F)=C/CCC(=O)O. The van der Waals surface area contributed by atoms with E-state index in [0.29, 0.717) is 12.8 Å². The lowest BCUT2D eigenvalue weighted by atomic mass is 10.1. The van der Waals surface area contributed by atoms with Crippen LogP contribution >= 0.6 is 0 Å². The van der Waals surface area contributed by atoms with Crippen LogP contribution in [0, 0.1) is 0 Å². The van der Waals surface area contributed by atoms with Crippen LogP contribution in [0.5, 0.6) is 0 Å². The smallest absolute Gasteiger partial charge is 0.303 e. The first-order valence-corrected chi connectivity index (χ1v) is 7.73. The fourth-order valence-corrected chi connectivity index (χ4v) is 2.06. The zero-order chi connectivity index (χ0) is 14.3. The van der Waals surface area contributed by atoms with Gasteiger partial charge in [-0.15, -0.1) is 0 Å². The molecule has 19 heavy (non-hydrogen) atoms. The predicted molar refractivity (Wildman–Crippen MR) is 77.9 cm³/mol. The van der Waals surface area contributed by atoms with Crippen LogP contribution in [0.2, 0.25) is 0 Å².